The number of hydrogen-bond acceptors (Lipinski definition) is 5. The van der Waals surface area contributed by atoms with Gasteiger partial charge in [0.1, 0.15) is 17.0 Å². The molecule has 12 heteroatoms. The highest BCUT2D eigenvalue weighted by atomic mass is 32.2. The lowest BCUT2D eigenvalue weighted by atomic mass is 10.1. The minimum atomic E-state index is -4.54. The summed E-state index contributed by atoms with van der Waals surface area (Å²) in [5.74, 6) is -3.55. The van der Waals surface area contributed by atoms with Crippen molar-refractivity contribution < 1.29 is 31.5 Å². The zero-order chi connectivity index (χ0) is 22.3. The van der Waals surface area contributed by atoms with E-state index >= 15 is 0 Å². The fraction of sp³-hybridized carbons (Fsp3) is 0.158. The Morgan fingerprint density at radius 1 is 1.16 bits per heavy atom. The maximum absolute atomic E-state index is 14.1. The van der Waals surface area contributed by atoms with Crippen molar-refractivity contribution in [2.24, 2.45) is 0 Å². The number of nitrogens with one attached hydrogen (secondary N) is 1. The second-order valence-corrected chi connectivity index (χ2v) is 7.57. The molecule has 2 aromatic carbocycles. The van der Waals surface area contributed by atoms with Crippen LogP contribution in [0.2, 0.25) is 0 Å². The summed E-state index contributed by atoms with van der Waals surface area (Å²) in [5.41, 5.74) is 1.50. The van der Waals surface area contributed by atoms with Gasteiger partial charge < -0.3 is 0 Å². The van der Waals surface area contributed by atoms with Crippen molar-refractivity contribution in [3.8, 4) is 0 Å². The Bertz CT molecular complexity index is 1200. The van der Waals surface area contributed by atoms with Crippen LogP contribution in [-0.2, 0) is 11.0 Å². The van der Waals surface area contributed by atoms with Gasteiger partial charge in [0.2, 0.25) is 5.82 Å². The van der Waals surface area contributed by atoms with Crippen molar-refractivity contribution in [2.45, 2.75) is 11.6 Å². The predicted octanol–water partition coefficient (Wildman–Crippen LogP) is 3.85. The molecule has 3 aromatic rings. The average molecular weight is 454 g/mol. The number of aromatic nitrogens is 2. The van der Waals surface area contributed by atoms with Crippen molar-refractivity contribution in [3.05, 3.63) is 71.2 Å². The molecule has 1 aliphatic rings. The third-order valence-electron chi connectivity index (χ3n) is 4.43. The predicted molar refractivity (Wildman–Crippen MR) is 100 cm³/mol. The molecule has 1 unspecified atom stereocenters. The highest BCUT2D eigenvalue weighted by molar-refractivity contribution is 8.00. The van der Waals surface area contributed by atoms with Gasteiger partial charge in [0.05, 0.1) is 16.8 Å². The second kappa shape index (κ2) is 7.76. The molecule has 0 aliphatic carbocycles. The Morgan fingerprint density at radius 2 is 1.94 bits per heavy atom. The molecule has 160 valence electrons. The van der Waals surface area contributed by atoms with E-state index in [1.807, 2.05) is 0 Å². The van der Waals surface area contributed by atoms with Crippen LogP contribution in [0, 0.1) is 11.6 Å². The average Bonchev–Trinajstić information content (AvgIpc) is 3.06. The van der Waals surface area contributed by atoms with E-state index in [1.54, 1.807) is 0 Å². The molecule has 1 fully saturated rings. The highest BCUT2D eigenvalue weighted by Crippen LogP contribution is 2.38. The maximum Gasteiger partial charge on any atom is 0.416 e. The van der Waals surface area contributed by atoms with Gasteiger partial charge in [-0.2, -0.15) is 13.2 Å². The van der Waals surface area contributed by atoms with E-state index in [0.717, 1.165) is 47.2 Å². The number of carbonyl (C=O) groups excluding carboxylic acids is 2. The van der Waals surface area contributed by atoms with Crippen LogP contribution in [0.4, 0.5) is 22.0 Å². The maximum atomic E-state index is 14.1. The number of halogens is 5. The summed E-state index contributed by atoms with van der Waals surface area (Å²) < 4.78 is 65.8. The number of rotatable bonds is 3. The molecule has 1 N–H and O–H groups in total. The summed E-state index contributed by atoms with van der Waals surface area (Å²) in [4.78, 5) is 32.5. The van der Waals surface area contributed by atoms with E-state index in [0.29, 0.717) is 6.07 Å². The van der Waals surface area contributed by atoms with Crippen molar-refractivity contribution in [1.82, 2.24) is 20.4 Å². The van der Waals surface area contributed by atoms with Crippen LogP contribution in [0.1, 0.15) is 27.1 Å². The highest BCUT2D eigenvalue weighted by Gasteiger charge is 2.36. The lowest BCUT2D eigenvalue weighted by molar-refractivity contribution is -0.137. The standard InChI is InChI=1S/C19H11F5N4O2S/c20-11-2-3-12(13(21)6-11)18-28(15(29)8-31-18)27-17(30)16-25-7-9-5-10(19(22,23)24)1-4-14(9)26-16/h1-7,18H,8H2,(H,27,30). The van der Waals surface area contributed by atoms with E-state index in [9.17, 15) is 31.5 Å². The third kappa shape index (κ3) is 4.15. The second-order valence-electron chi connectivity index (χ2n) is 6.50. The molecule has 1 saturated heterocycles. The van der Waals surface area contributed by atoms with Crippen molar-refractivity contribution in [3.63, 3.8) is 0 Å². The molecule has 0 spiro atoms. The summed E-state index contributed by atoms with van der Waals surface area (Å²) in [6, 6.07) is 5.65. The monoisotopic (exact) mass is 454 g/mol. The van der Waals surface area contributed by atoms with E-state index in [1.165, 1.54) is 6.07 Å². The molecule has 0 radical (unpaired) electrons. The van der Waals surface area contributed by atoms with Crippen LogP contribution in [0.25, 0.3) is 10.9 Å². The van der Waals surface area contributed by atoms with Crippen LogP contribution in [0.3, 0.4) is 0 Å². The molecule has 0 saturated carbocycles. The third-order valence-corrected chi connectivity index (χ3v) is 5.62. The molecule has 2 heterocycles. The van der Waals surface area contributed by atoms with Crippen LogP contribution >= 0.6 is 11.8 Å². The topological polar surface area (TPSA) is 75.2 Å². The number of nitrogens with zero attached hydrogens (tertiary/aromatic N) is 3. The van der Waals surface area contributed by atoms with Gasteiger partial charge in [0.15, 0.2) is 0 Å². The van der Waals surface area contributed by atoms with E-state index in [-0.39, 0.29) is 22.2 Å². The lowest BCUT2D eigenvalue weighted by Crippen LogP contribution is -2.45. The number of hydrazine groups is 1. The normalized spacial score (nSPS) is 16.7. The molecule has 31 heavy (non-hydrogen) atoms. The van der Waals surface area contributed by atoms with Crippen LogP contribution in [0.15, 0.2) is 42.6 Å². The fourth-order valence-corrected chi connectivity index (χ4v) is 4.08. The minimum Gasteiger partial charge on any atom is -0.272 e. The van der Waals surface area contributed by atoms with Gasteiger partial charge in [0, 0.05) is 23.2 Å². The number of benzene rings is 2. The number of hydrogen-bond donors (Lipinski definition) is 1. The van der Waals surface area contributed by atoms with Gasteiger partial charge in [-0.3, -0.25) is 15.0 Å². The smallest absolute Gasteiger partial charge is 0.272 e. The van der Waals surface area contributed by atoms with Crippen LogP contribution < -0.4 is 5.43 Å². The molecular formula is C19H11F5N4O2S. The van der Waals surface area contributed by atoms with Crippen molar-refractivity contribution in [1.29, 1.82) is 0 Å². The molecule has 1 aromatic heterocycles. The molecule has 6 nitrogen and oxygen atoms in total. The fourth-order valence-electron chi connectivity index (χ4n) is 2.96. The van der Waals surface area contributed by atoms with E-state index in [2.05, 4.69) is 15.4 Å². The zero-order valence-electron chi connectivity index (χ0n) is 15.3. The van der Waals surface area contributed by atoms with Gasteiger partial charge in [-0.15, -0.1) is 11.8 Å². The van der Waals surface area contributed by atoms with E-state index < -0.39 is 46.4 Å². The van der Waals surface area contributed by atoms with Crippen LogP contribution in [0.5, 0.6) is 0 Å². The molecule has 2 amide bonds. The van der Waals surface area contributed by atoms with Gasteiger partial charge >= 0.3 is 12.1 Å². The molecule has 0 bridgehead atoms. The Hall–Kier alpha value is -3.28. The quantitative estimate of drug-likeness (QED) is 0.609. The first-order chi connectivity index (χ1) is 14.6. The zero-order valence-corrected chi connectivity index (χ0v) is 16.1. The first-order valence-electron chi connectivity index (χ1n) is 8.67. The Kier molecular flexibility index (Phi) is 5.25. The number of alkyl halides is 3. The summed E-state index contributed by atoms with van der Waals surface area (Å²) in [5, 5.41) is 0.0289. The number of carbonyl (C=O) groups is 2. The Labute approximate surface area is 175 Å². The molecule has 1 aliphatic heterocycles. The minimum absolute atomic E-state index is 0.00309. The Balaban J connectivity index is 1.58. The van der Waals surface area contributed by atoms with Crippen molar-refractivity contribution >= 4 is 34.5 Å². The first-order valence-corrected chi connectivity index (χ1v) is 9.72. The summed E-state index contributed by atoms with van der Waals surface area (Å²) in [6.07, 6.45) is -3.48. The molecular weight excluding hydrogens is 443 g/mol. The van der Waals surface area contributed by atoms with Gasteiger partial charge in [0.25, 0.3) is 5.91 Å². The molecule has 4 rings (SSSR count). The van der Waals surface area contributed by atoms with Gasteiger partial charge in [-0.25, -0.2) is 23.8 Å². The molecule has 1 atom stereocenters. The van der Waals surface area contributed by atoms with E-state index in [4.69, 9.17) is 0 Å². The number of fused-ring (bicyclic) bond motifs is 1. The number of thioether (sulfide) groups is 1. The number of amides is 2. The summed E-state index contributed by atoms with van der Waals surface area (Å²) in [7, 11) is 0. The van der Waals surface area contributed by atoms with Crippen LogP contribution in [-0.4, -0.2) is 32.5 Å². The van der Waals surface area contributed by atoms with Gasteiger partial charge in [-0.1, -0.05) is 6.07 Å². The SMILES string of the molecule is O=C(NN1C(=O)CSC1c1ccc(F)cc1F)c1ncc2cc(C(F)(F)F)ccc2n1. The van der Waals surface area contributed by atoms with Gasteiger partial charge in [-0.05, 0) is 24.3 Å². The van der Waals surface area contributed by atoms with Crippen molar-refractivity contribution in [2.75, 3.05) is 5.75 Å². The lowest BCUT2D eigenvalue weighted by Gasteiger charge is -2.24. The largest absolute Gasteiger partial charge is 0.416 e. The Morgan fingerprint density at radius 3 is 2.65 bits per heavy atom. The first kappa shape index (κ1) is 21.0. The summed E-state index contributed by atoms with van der Waals surface area (Å²) >= 11 is 1.03. The summed E-state index contributed by atoms with van der Waals surface area (Å²) in [6.45, 7) is 0.